The molecule has 90 valence electrons. The first kappa shape index (κ1) is 11.3. The van der Waals surface area contributed by atoms with E-state index in [2.05, 4.69) is 27.9 Å². The molecule has 0 amide bonds. The van der Waals surface area contributed by atoms with Gasteiger partial charge in [0.2, 0.25) is 0 Å². The van der Waals surface area contributed by atoms with Gasteiger partial charge in [-0.25, -0.2) is 4.98 Å². The van der Waals surface area contributed by atoms with Crippen molar-refractivity contribution < 1.29 is 4.74 Å². The summed E-state index contributed by atoms with van der Waals surface area (Å²) < 4.78 is 5.28. The number of hydrogen-bond acceptors (Lipinski definition) is 5. The van der Waals surface area contributed by atoms with Gasteiger partial charge in [-0.1, -0.05) is 6.07 Å². The maximum absolute atomic E-state index is 5.82. The highest BCUT2D eigenvalue weighted by Crippen LogP contribution is 2.33. The van der Waals surface area contributed by atoms with E-state index in [1.165, 1.54) is 9.88 Å². The van der Waals surface area contributed by atoms with Crippen molar-refractivity contribution in [3.05, 3.63) is 27.9 Å². The minimum atomic E-state index is 0.143. The largest absolute Gasteiger partial charge is 0.380 e. The molecule has 1 aliphatic rings. The summed E-state index contributed by atoms with van der Waals surface area (Å²) in [5.41, 5.74) is 7.05. The summed E-state index contributed by atoms with van der Waals surface area (Å²) in [6.07, 6.45) is 0.944. The topological polar surface area (TPSA) is 48.1 Å². The Bertz CT molecular complexity index is 483. The van der Waals surface area contributed by atoms with Gasteiger partial charge in [0.25, 0.3) is 0 Å². The monoisotopic (exact) mass is 266 g/mol. The zero-order valence-corrected chi connectivity index (χ0v) is 11.0. The molecular weight excluding hydrogens is 252 g/mol. The Morgan fingerprint density at radius 2 is 2.29 bits per heavy atom. The van der Waals surface area contributed by atoms with Crippen LogP contribution in [0, 0.1) is 5.41 Å². The lowest BCUT2D eigenvalue weighted by Crippen LogP contribution is -2.49. The molecule has 0 spiro atoms. The minimum absolute atomic E-state index is 0.143. The van der Waals surface area contributed by atoms with Crippen molar-refractivity contribution in [1.29, 1.82) is 0 Å². The summed E-state index contributed by atoms with van der Waals surface area (Å²) in [6.45, 7) is 2.23. The molecule has 2 N–H and O–H groups in total. The Morgan fingerprint density at radius 1 is 1.41 bits per heavy atom. The van der Waals surface area contributed by atoms with Crippen LogP contribution in [-0.4, -0.2) is 24.7 Å². The normalized spacial score (nSPS) is 17.9. The molecule has 0 bridgehead atoms. The smallest absolute Gasteiger partial charge is 0.0940 e. The summed E-state index contributed by atoms with van der Waals surface area (Å²) in [6, 6.07) is 4.16. The predicted octanol–water partition coefficient (Wildman–Crippen LogP) is 2.39. The van der Waals surface area contributed by atoms with Crippen molar-refractivity contribution >= 4 is 22.7 Å². The van der Waals surface area contributed by atoms with E-state index in [0.29, 0.717) is 6.54 Å². The second-order valence-electron chi connectivity index (χ2n) is 4.48. The Hall–Kier alpha value is -0.750. The highest BCUT2D eigenvalue weighted by atomic mass is 32.1. The van der Waals surface area contributed by atoms with Crippen LogP contribution in [-0.2, 0) is 11.2 Å². The lowest BCUT2D eigenvalue weighted by molar-refractivity contribution is -0.106. The quantitative estimate of drug-likeness (QED) is 0.924. The first-order chi connectivity index (χ1) is 8.31. The van der Waals surface area contributed by atoms with Crippen LogP contribution in [0.1, 0.15) is 5.01 Å². The lowest BCUT2D eigenvalue weighted by atomic mass is 9.83. The van der Waals surface area contributed by atoms with E-state index >= 15 is 0 Å². The summed E-state index contributed by atoms with van der Waals surface area (Å²) >= 11 is 3.45. The van der Waals surface area contributed by atoms with E-state index in [-0.39, 0.29) is 5.41 Å². The first-order valence-corrected chi connectivity index (χ1v) is 7.33. The van der Waals surface area contributed by atoms with Gasteiger partial charge in [-0.2, -0.15) is 0 Å². The van der Waals surface area contributed by atoms with Crippen molar-refractivity contribution in [3.8, 4) is 10.6 Å². The van der Waals surface area contributed by atoms with Crippen LogP contribution in [0.2, 0.25) is 0 Å². The molecule has 0 radical (unpaired) electrons. The zero-order chi connectivity index (χ0) is 11.7. The number of nitrogens with two attached hydrogens (primary N) is 1. The number of ether oxygens (including phenoxy) is 1. The average Bonchev–Trinajstić information content (AvgIpc) is 2.94. The third-order valence-corrected chi connectivity index (χ3v) is 4.84. The van der Waals surface area contributed by atoms with Gasteiger partial charge in [-0.15, -0.1) is 22.7 Å². The van der Waals surface area contributed by atoms with Gasteiger partial charge in [0.1, 0.15) is 0 Å². The number of nitrogens with zero attached hydrogens (tertiary/aromatic N) is 1. The van der Waals surface area contributed by atoms with E-state index in [9.17, 15) is 0 Å². The Morgan fingerprint density at radius 3 is 2.88 bits per heavy atom. The second-order valence-corrected chi connectivity index (χ2v) is 6.37. The van der Waals surface area contributed by atoms with Crippen LogP contribution < -0.4 is 5.73 Å². The third kappa shape index (κ3) is 2.15. The maximum atomic E-state index is 5.82. The molecule has 0 atom stereocenters. The second kappa shape index (κ2) is 4.49. The van der Waals surface area contributed by atoms with Crippen molar-refractivity contribution in [2.75, 3.05) is 19.8 Å². The number of rotatable bonds is 4. The van der Waals surface area contributed by atoms with Crippen molar-refractivity contribution in [1.82, 2.24) is 4.98 Å². The van der Waals surface area contributed by atoms with E-state index in [4.69, 9.17) is 10.5 Å². The fourth-order valence-electron chi connectivity index (χ4n) is 1.93. The molecule has 17 heavy (non-hydrogen) atoms. The van der Waals surface area contributed by atoms with Crippen molar-refractivity contribution in [2.24, 2.45) is 11.1 Å². The number of thiazole rings is 1. The molecule has 0 aliphatic carbocycles. The Kier molecular flexibility index (Phi) is 3.00. The summed E-state index contributed by atoms with van der Waals surface area (Å²) in [4.78, 5) is 5.92. The molecule has 0 aromatic carbocycles. The number of hydrogen-bond donors (Lipinski definition) is 1. The minimum Gasteiger partial charge on any atom is -0.380 e. The molecule has 2 aromatic heterocycles. The van der Waals surface area contributed by atoms with Gasteiger partial charge in [0, 0.05) is 23.8 Å². The van der Waals surface area contributed by atoms with Crippen molar-refractivity contribution in [3.63, 3.8) is 0 Å². The SMILES string of the molecule is NCC1(Cc2nc(-c3cccs3)cs2)COC1. The highest BCUT2D eigenvalue weighted by molar-refractivity contribution is 7.14. The molecule has 5 heteroatoms. The average molecular weight is 266 g/mol. The van der Waals surface area contributed by atoms with Gasteiger partial charge in [-0.3, -0.25) is 0 Å². The van der Waals surface area contributed by atoms with Crippen LogP contribution in [0.5, 0.6) is 0 Å². The standard InChI is InChI=1S/C12H14N2OS2/c13-6-12(7-15-8-12)4-11-14-9(5-17-11)10-2-1-3-16-10/h1-3,5H,4,6-8,13H2. The van der Waals surface area contributed by atoms with Gasteiger partial charge in [0.05, 0.1) is 28.8 Å². The molecule has 3 heterocycles. The molecule has 1 aliphatic heterocycles. The van der Waals surface area contributed by atoms with Crippen LogP contribution in [0.3, 0.4) is 0 Å². The van der Waals surface area contributed by atoms with Crippen LogP contribution >= 0.6 is 22.7 Å². The van der Waals surface area contributed by atoms with Gasteiger partial charge < -0.3 is 10.5 Å². The molecule has 0 unspecified atom stereocenters. The van der Waals surface area contributed by atoms with Crippen LogP contribution in [0.4, 0.5) is 0 Å². The van der Waals surface area contributed by atoms with Gasteiger partial charge in [-0.05, 0) is 11.4 Å². The fourth-order valence-corrected chi connectivity index (χ4v) is 3.66. The maximum Gasteiger partial charge on any atom is 0.0940 e. The summed E-state index contributed by atoms with van der Waals surface area (Å²) in [5.74, 6) is 0. The van der Waals surface area contributed by atoms with E-state index in [0.717, 1.165) is 25.3 Å². The molecule has 2 aromatic rings. The van der Waals surface area contributed by atoms with Crippen LogP contribution in [0.15, 0.2) is 22.9 Å². The first-order valence-electron chi connectivity index (χ1n) is 5.57. The lowest BCUT2D eigenvalue weighted by Gasteiger charge is -2.39. The molecule has 3 rings (SSSR count). The van der Waals surface area contributed by atoms with E-state index < -0.39 is 0 Å². The Labute approximate surface area is 108 Å². The molecule has 0 saturated carbocycles. The molecule has 3 nitrogen and oxygen atoms in total. The molecule has 1 saturated heterocycles. The van der Waals surface area contributed by atoms with Crippen LogP contribution in [0.25, 0.3) is 10.6 Å². The number of thiophene rings is 1. The number of aromatic nitrogens is 1. The molecular formula is C12H14N2OS2. The van der Waals surface area contributed by atoms with Gasteiger partial charge >= 0.3 is 0 Å². The Balaban J connectivity index is 1.77. The molecule has 1 fully saturated rings. The summed E-state index contributed by atoms with van der Waals surface area (Å²) in [7, 11) is 0. The summed E-state index contributed by atoms with van der Waals surface area (Å²) in [5, 5.41) is 5.38. The van der Waals surface area contributed by atoms with Gasteiger partial charge in [0.15, 0.2) is 0 Å². The third-order valence-electron chi connectivity index (χ3n) is 3.10. The zero-order valence-electron chi connectivity index (χ0n) is 9.39. The van der Waals surface area contributed by atoms with Crippen molar-refractivity contribution in [2.45, 2.75) is 6.42 Å². The highest BCUT2D eigenvalue weighted by Gasteiger charge is 2.38. The predicted molar refractivity (Wildman–Crippen MR) is 71.4 cm³/mol. The van der Waals surface area contributed by atoms with E-state index in [1.54, 1.807) is 22.7 Å². The fraction of sp³-hybridized carbons (Fsp3) is 0.417. The van der Waals surface area contributed by atoms with E-state index in [1.807, 2.05) is 0 Å².